The van der Waals surface area contributed by atoms with Crippen molar-refractivity contribution in [1.82, 2.24) is 0 Å². The summed E-state index contributed by atoms with van der Waals surface area (Å²) in [4.78, 5) is 10.9. The Labute approximate surface area is 89.3 Å². The molecule has 74 valence electrons. The van der Waals surface area contributed by atoms with Crippen LogP contribution in [-0.4, -0.2) is 12.6 Å². The summed E-state index contributed by atoms with van der Waals surface area (Å²) in [6.45, 7) is 2.07. The van der Waals surface area contributed by atoms with Gasteiger partial charge in [-0.05, 0) is 31.2 Å². The second-order valence-corrected chi connectivity index (χ2v) is 2.69. The Hall–Kier alpha value is -2.19. The predicted molar refractivity (Wildman–Crippen MR) is 57.9 cm³/mol. The molecule has 2 nitrogen and oxygen atoms in total. The highest BCUT2D eigenvalue weighted by molar-refractivity contribution is 5.89. The van der Waals surface area contributed by atoms with Crippen LogP contribution in [0.3, 0.4) is 0 Å². The van der Waals surface area contributed by atoms with Crippen LogP contribution >= 0.6 is 0 Å². The molecule has 15 heavy (non-hydrogen) atoms. The van der Waals surface area contributed by atoms with E-state index < -0.39 is 5.97 Å². The normalized spacial score (nSPS) is 8.27. The summed E-state index contributed by atoms with van der Waals surface area (Å²) in [5.41, 5.74) is 1.53. The van der Waals surface area contributed by atoms with Gasteiger partial charge >= 0.3 is 5.97 Å². The van der Waals surface area contributed by atoms with Crippen LogP contribution in [-0.2, 0) is 9.53 Å². The molecule has 0 atom stereocenters. The molecule has 0 fully saturated rings. The number of ether oxygens (including phenoxy) is 1. The van der Waals surface area contributed by atoms with Crippen LogP contribution in [0.4, 0.5) is 0 Å². The van der Waals surface area contributed by atoms with Crippen LogP contribution < -0.4 is 0 Å². The van der Waals surface area contributed by atoms with Crippen molar-refractivity contribution < 1.29 is 9.53 Å². The second kappa shape index (κ2) is 5.52. The van der Waals surface area contributed by atoms with Crippen LogP contribution in [0.15, 0.2) is 24.3 Å². The zero-order chi connectivity index (χ0) is 11.1. The number of carbonyl (C=O) groups is 1. The van der Waals surface area contributed by atoms with Crippen molar-refractivity contribution in [3.63, 3.8) is 0 Å². The zero-order valence-electron chi connectivity index (χ0n) is 8.41. The van der Waals surface area contributed by atoms with Gasteiger partial charge in [0.25, 0.3) is 0 Å². The summed E-state index contributed by atoms with van der Waals surface area (Å²) in [6, 6.07) is 7.08. The van der Waals surface area contributed by atoms with Crippen molar-refractivity contribution in [3.05, 3.63) is 35.4 Å². The third-order valence-corrected chi connectivity index (χ3v) is 1.64. The molecule has 0 aliphatic carbocycles. The van der Waals surface area contributed by atoms with E-state index in [2.05, 4.69) is 22.5 Å². The van der Waals surface area contributed by atoms with E-state index in [0.29, 0.717) is 6.61 Å². The summed E-state index contributed by atoms with van der Waals surface area (Å²) in [6.07, 6.45) is 5.20. The van der Waals surface area contributed by atoms with Gasteiger partial charge in [-0.1, -0.05) is 11.8 Å². The largest absolute Gasteiger partial charge is 0.456 e. The summed E-state index contributed by atoms with van der Waals surface area (Å²) in [5.74, 6) is 7.05. The van der Waals surface area contributed by atoms with Crippen molar-refractivity contribution in [2.75, 3.05) is 6.61 Å². The number of carbonyl (C=O) groups excluding carboxylic acids is 1. The maximum atomic E-state index is 10.9. The van der Waals surface area contributed by atoms with E-state index in [1.807, 2.05) is 0 Å². The average Bonchev–Trinajstić information content (AvgIpc) is 2.27. The quantitative estimate of drug-likeness (QED) is 0.506. The maximum Gasteiger partial charge on any atom is 0.384 e. The van der Waals surface area contributed by atoms with Gasteiger partial charge in [0.2, 0.25) is 0 Å². The number of benzene rings is 1. The molecule has 0 heterocycles. The minimum Gasteiger partial charge on any atom is -0.456 e. The zero-order valence-corrected chi connectivity index (χ0v) is 8.41. The maximum absolute atomic E-state index is 10.9. The van der Waals surface area contributed by atoms with Gasteiger partial charge in [-0.25, -0.2) is 4.79 Å². The molecule has 2 heteroatoms. The lowest BCUT2D eigenvalue weighted by molar-refractivity contribution is -0.136. The molecule has 0 aliphatic heterocycles. The van der Waals surface area contributed by atoms with Crippen molar-refractivity contribution in [2.24, 2.45) is 0 Å². The molecule has 0 bridgehead atoms. The molecule has 0 aromatic heterocycles. The van der Waals surface area contributed by atoms with Gasteiger partial charge in [0, 0.05) is 17.0 Å². The molecule has 0 radical (unpaired) electrons. The Kier molecular flexibility index (Phi) is 4.01. The molecular weight excluding hydrogens is 188 g/mol. The number of rotatable bonds is 1. The Morgan fingerprint density at radius 3 is 2.47 bits per heavy atom. The van der Waals surface area contributed by atoms with Gasteiger partial charge in [-0.15, -0.1) is 6.42 Å². The SMILES string of the molecule is C#Cc1ccc(C#CC(=O)OCC)cc1. The molecule has 0 N–H and O–H groups in total. The molecule has 0 spiro atoms. The third-order valence-electron chi connectivity index (χ3n) is 1.64. The number of hydrogen-bond acceptors (Lipinski definition) is 2. The van der Waals surface area contributed by atoms with E-state index in [-0.39, 0.29) is 0 Å². The molecule has 0 unspecified atom stereocenters. The molecule has 0 amide bonds. The van der Waals surface area contributed by atoms with Crippen molar-refractivity contribution in [3.8, 4) is 24.2 Å². The Balaban J connectivity index is 2.73. The first-order valence-corrected chi connectivity index (χ1v) is 4.51. The van der Waals surface area contributed by atoms with Gasteiger partial charge in [-0.3, -0.25) is 0 Å². The summed E-state index contributed by atoms with van der Waals surface area (Å²) < 4.78 is 4.66. The Morgan fingerprint density at radius 1 is 1.33 bits per heavy atom. The van der Waals surface area contributed by atoms with E-state index in [1.165, 1.54) is 0 Å². The molecule has 1 rings (SSSR count). The summed E-state index contributed by atoms with van der Waals surface area (Å²) in [5, 5.41) is 0. The predicted octanol–water partition coefficient (Wildman–Crippen LogP) is 1.58. The molecule has 1 aromatic rings. The van der Waals surface area contributed by atoms with E-state index in [9.17, 15) is 4.79 Å². The fourth-order valence-electron chi connectivity index (χ4n) is 0.940. The monoisotopic (exact) mass is 198 g/mol. The fraction of sp³-hybridized carbons (Fsp3) is 0.154. The van der Waals surface area contributed by atoms with Gasteiger partial charge in [0.15, 0.2) is 0 Å². The fourth-order valence-corrected chi connectivity index (χ4v) is 0.940. The number of terminal acetylenes is 1. The Morgan fingerprint density at radius 2 is 1.93 bits per heavy atom. The second-order valence-electron chi connectivity index (χ2n) is 2.69. The highest BCUT2D eigenvalue weighted by Crippen LogP contribution is 2.01. The van der Waals surface area contributed by atoms with E-state index in [0.717, 1.165) is 11.1 Å². The van der Waals surface area contributed by atoms with Crippen molar-refractivity contribution >= 4 is 5.97 Å². The lowest BCUT2D eigenvalue weighted by Crippen LogP contribution is -1.99. The summed E-state index contributed by atoms with van der Waals surface area (Å²) in [7, 11) is 0. The minimum absolute atomic E-state index is 0.337. The first-order chi connectivity index (χ1) is 7.26. The number of esters is 1. The summed E-state index contributed by atoms with van der Waals surface area (Å²) >= 11 is 0. The molecule has 0 aliphatic rings. The Bertz CT molecular complexity index is 438. The van der Waals surface area contributed by atoms with Crippen LogP contribution in [0.2, 0.25) is 0 Å². The smallest absolute Gasteiger partial charge is 0.384 e. The first kappa shape index (κ1) is 10.9. The van der Waals surface area contributed by atoms with Gasteiger partial charge in [0.05, 0.1) is 6.61 Å². The lowest BCUT2D eigenvalue weighted by Gasteiger charge is -1.92. The highest BCUT2D eigenvalue weighted by atomic mass is 16.5. The van der Waals surface area contributed by atoms with Crippen LogP contribution in [0, 0.1) is 24.2 Å². The van der Waals surface area contributed by atoms with E-state index in [4.69, 9.17) is 6.42 Å². The average molecular weight is 198 g/mol. The van der Waals surface area contributed by atoms with E-state index in [1.54, 1.807) is 31.2 Å². The van der Waals surface area contributed by atoms with Crippen LogP contribution in [0.25, 0.3) is 0 Å². The van der Waals surface area contributed by atoms with Gasteiger partial charge in [0.1, 0.15) is 0 Å². The lowest BCUT2D eigenvalue weighted by atomic mass is 10.1. The minimum atomic E-state index is -0.515. The topological polar surface area (TPSA) is 26.3 Å². The van der Waals surface area contributed by atoms with E-state index >= 15 is 0 Å². The molecule has 0 saturated carbocycles. The van der Waals surface area contributed by atoms with Crippen LogP contribution in [0.5, 0.6) is 0 Å². The molecule has 1 aromatic carbocycles. The first-order valence-electron chi connectivity index (χ1n) is 4.51. The van der Waals surface area contributed by atoms with Gasteiger partial charge in [-0.2, -0.15) is 0 Å². The number of hydrogen-bond donors (Lipinski definition) is 0. The van der Waals surface area contributed by atoms with Crippen LogP contribution in [0.1, 0.15) is 18.1 Å². The third kappa shape index (κ3) is 3.58. The van der Waals surface area contributed by atoms with Crippen molar-refractivity contribution in [1.29, 1.82) is 0 Å². The molecule has 0 saturated heterocycles. The van der Waals surface area contributed by atoms with Gasteiger partial charge < -0.3 is 4.74 Å². The highest BCUT2D eigenvalue weighted by Gasteiger charge is 1.93. The molecular formula is C13H10O2. The van der Waals surface area contributed by atoms with Crippen molar-refractivity contribution in [2.45, 2.75) is 6.92 Å². The standard InChI is InChI=1S/C13H10O2/c1-3-11-5-7-12(8-6-11)9-10-13(14)15-4-2/h1,5-8H,4H2,2H3.